The van der Waals surface area contributed by atoms with E-state index in [0.29, 0.717) is 0 Å². The van der Waals surface area contributed by atoms with E-state index in [1.807, 2.05) is 0 Å². The van der Waals surface area contributed by atoms with Crippen LogP contribution in [0.25, 0.3) is 0 Å². The van der Waals surface area contributed by atoms with Crippen LogP contribution in [0.5, 0.6) is 0 Å². The molecule has 3 heteroatoms. The van der Waals surface area contributed by atoms with Crippen molar-refractivity contribution in [2.45, 2.75) is 53.4 Å². The van der Waals surface area contributed by atoms with Crippen LogP contribution in [0.3, 0.4) is 0 Å². The number of hydrogen-bond donors (Lipinski definition) is 0. The highest BCUT2D eigenvalue weighted by Crippen LogP contribution is 2.29. The molecular weight excluding hydrogens is 183 g/mol. The van der Waals surface area contributed by atoms with Crippen molar-refractivity contribution in [1.82, 2.24) is 0 Å². The van der Waals surface area contributed by atoms with Crippen molar-refractivity contribution in [1.29, 1.82) is 0 Å². The molecule has 1 unspecified atom stereocenters. The molecule has 0 rings (SSSR count). The summed E-state index contributed by atoms with van der Waals surface area (Å²) in [7, 11) is 0. The van der Waals surface area contributed by atoms with Gasteiger partial charge in [0, 0.05) is 4.53 Å². The molecule has 84 valence electrons. The minimum absolute atomic E-state index is 0.177. The first-order valence-electron chi connectivity index (χ1n) is 5.20. The van der Waals surface area contributed by atoms with E-state index in [2.05, 4.69) is 32.6 Å². The Morgan fingerprint density at radius 2 is 2.00 bits per heavy atom. The minimum Gasteiger partial charge on any atom is -0.255 e. The third kappa shape index (κ3) is 6.87. The van der Waals surface area contributed by atoms with Crippen LogP contribution in [0.1, 0.15) is 53.4 Å². The molecule has 0 aromatic rings. The molecule has 0 fully saturated rings. The fourth-order valence-corrected chi connectivity index (χ4v) is 1.82. The predicted molar refractivity (Wildman–Crippen MR) is 54.3 cm³/mol. The van der Waals surface area contributed by atoms with Crippen molar-refractivity contribution in [3.05, 3.63) is 0 Å². The summed E-state index contributed by atoms with van der Waals surface area (Å²) in [6.45, 7) is 8.43. The lowest BCUT2D eigenvalue weighted by Crippen LogP contribution is -2.16. The third-order valence-electron chi connectivity index (χ3n) is 2.14. The second-order valence-corrected chi connectivity index (χ2v) is 5.07. The van der Waals surface area contributed by atoms with Gasteiger partial charge in [0.2, 0.25) is 0 Å². The molecule has 0 spiro atoms. The van der Waals surface area contributed by atoms with Crippen molar-refractivity contribution in [3.63, 3.8) is 0 Å². The quantitative estimate of drug-likeness (QED) is 0.683. The van der Waals surface area contributed by atoms with Crippen molar-refractivity contribution >= 4 is 5.97 Å². The molecule has 0 aliphatic rings. The lowest BCUT2D eigenvalue weighted by atomic mass is 9.81. The molecule has 0 saturated heterocycles. The standard InChI is InChI=1S/C11H21FO2/c1-5-6-9(7-10(13)14-12)8-11(2,3)4/h9H,5-8H2,1-4H3. The van der Waals surface area contributed by atoms with Crippen LogP contribution in [0.15, 0.2) is 0 Å². The number of carbonyl (C=O) groups excluding carboxylic acids is 1. The average molecular weight is 204 g/mol. The summed E-state index contributed by atoms with van der Waals surface area (Å²) in [5.74, 6) is -0.504. The van der Waals surface area contributed by atoms with Crippen molar-refractivity contribution in [2.24, 2.45) is 11.3 Å². The van der Waals surface area contributed by atoms with E-state index in [0.717, 1.165) is 19.3 Å². The predicted octanol–water partition coefficient (Wildman–Crippen LogP) is 3.66. The van der Waals surface area contributed by atoms with E-state index in [1.165, 1.54) is 0 Å². The fourth-order valence-electron chi connectivity index (χ4n) is 1.82. The van der Waals surface area contributed by atoms with Crippen LogP contribution >= 0.6 is 0 Å². The number of carbonyl (C=O) groups is 1. The summed E-state index contributed by atoms with van der Waals surface area (Å²) in [5, 5.41) is 0. The van der Waals surface area contributed by atoms with E-state index in [4.69, 9.17) is 0 Å². The minimum atomic E-state index is -0.743. The maximum atomic E-state index is 11.6. The largest absolute Gasteiger partial charge is 0.349 e. The summed E-state index contributed by atoms with van der Waals surface area (Å²) in [4.78, 5) is 14.0. The highest BCUT2D eigenvalue weighted by Gasteiger charge is 2.21. The highest BCUT2D eigenvalue weighted by molar-refractivity contribution is 5.68. The van der Waals surface area contributed by atoms with Crippen molar-refractivity contribution in [3.8, 4) is 0 Å². The molecular formula is C11H21FO2. The maximum Gasteiger partial charge on any atom is 0.349 e. The van der Waals surface area contributed by atoms with Gasteiger partial charge >= 0.3 is 5.97 Å². The molecule has 0 aromatic carbocycles. The zero-order chi connectivity index (χ0) is 11.2. The van der Waals surface area contributed by atoms with Gasteiger partial charge < -0.3 is 0 Å². The third-order valence-corrected chi connectivity index (χ3v) is 2.14. The van der Waals surface area contributed by atoms with Gasteiger partial charge in [-0.3, -0.25) is 4.94 Å². The molecule has 0 aromatic heterocycles. The Labute approximate surface area is 85.7 Å². The molecule has 1 atom stereocenters. The molecule has 0 heterocycles. The number of rotatable bonds is 5. The van der Waals surface area contributed by atoms with E-state index >= 15 is 0 Å². The van der Waals surface area contributed by atoms with E-state index in [1.54, 1.807) is 0 Å². The lowest BCUT2D eigenvalue weighted by Gasteiger charge is -2.24. The van der Waals surface area contributed by atoms with Crippen molar-refractivity contribution < 1.29 is 14.3 Å². The van der Waals surface area contributed by atoms with Crippen LogP contribution < -0.4 is 0 Å². The van der Waals surface area contributed by atoms with Crippen LogP contribution in [-0.2, 0) is 9.74 Å². The maximum absolute atomic E-state index is 11.6. The summed E-state index contributed by atoms with van der Waals surface area (Å²) in [5.41, 5.74) is 0.177. The molecule has 0 N–H and O–H groups in total. The van der Waals surface area contributed by atoms with E-state index < -0.39 is 5.97 Å². The Morgan fingerprint density at radius 1 is 1.43 bits per heavy atom. The Kier molecular flexibility index (Phi) is 5.73. The Balaban J connectivity index is 4.08. The molecule has 0 aliphatic carbocycles. The van der Waals surface area contributed by atoms with Gasteiger partial charge in [0.05, 0.1) is 6.42 Å². The fraction of sp³-hybridized carbons (Fsp3) is 0.909. The first-order valence-corrected chi connectivity index (χ1v) is 5.20. The molecule has 14 heavy (non-hydrogen) atoms. The second-order valence-electron chi connectivity index (χ2n) is 5.07. The van der Waals surface area contributed by atoms with Crippen LogP contribution in [0.2, 0.25) is 0 Å². The molecule has 2 nitrogen and oxygen atoms in total. The van der Waals surface area contributed by atoms with Gasteiger partial charge in [-0.25, -0.2) is 4.79 Å². The van der Waals surface area contributed by atoms with Crippen molar-refractivity contribution in [2.75, 3.05) is 0 Å². The van der Waals surface area contributed by atoms with Gasteiger partial charge in [0.15, 0.2) is 0 Å². The SMILES string of the molecule is CCCC(CC(=O)OF)CC(C)(C)C. The zero-order valence-corrected chi connectivity index (χ0v) is 9.60. The number of hydrogen-bond acceptors (Lipinski definition) is 2. The van der Waals surface area contributed by atoms with E-state index in [-0.39, 0.29) is 17.8 Å². The Morgan fingerprint density at radius 3 is 2.36 bits per heavy atom. The zero-order valence-electron chi connectivity index (χ0n) is 9.60. The normalized spacial score (nSPS) is 13.8. The Bertz CT molecular complexity index is 173. The lowest BCUT2D eigenvalue weighted by molar-refractivity contribution is -0.185. The summed E-state index contributed by atoms with van der Waals surface area (Å²) in [6, 6.07) is 0. The molecule has 0 bridgehead atoms. The Hall–Kier alpha value is -0.600. The van der Waals surface area contributed by atoms with Gasteiger partial charge in [0.1, 0.15) is 0 Å². The van der Waals surface area contributed by atoms with Crippen LogP contribution in [-0.4, -0.2) is 5.97 Å². The van der Waals surface area contributed by atoms with Crippen LogP contribution in [0.4, 0.5) is 4.53 Å². The second kappa shape index (κ2) is 5.99. The summed E-state index contributed by atoms with van der Waals surface area (Å²) < 4.78 is 11.6. The average Bonchev–Trinajstić information content (AvgIpc) is 2.01. The first-order chi connectivity index (χ1) is 6.39. The molecule has 0 amide bonds. The van der Waals surface area contributed by atoms with Gasteiger partial charge in [-0.05, 0) is 17.8 Å². The van der Waals surface area contributed by atoms with Gasteiger partial charge in [0.25, 0.3) is 0 Å². The molecule has 0 radical (unpaired) electrons. The first kappa shape index (κ1) is 13.4. The highest BCUT2D eigenvalue weighted by atomic mass is 19.3. The van der Waals surface area contributed by atoms with Gasteiger partial charge in [-0.1, -0.05) is 40.5 Å². The summed E-state index contributed by atoms with van der Waals surface area (Å²) in [6.07, 6.45) is 3.09. The molecule has 0 saturated carbocycles. The molecule has 0 aliphatic heterocycles. The van der Waals surface area contributed by atoms with Crippen LogP contribution in [0, 0.1) is 11.3 Å². The van der Waals surface area contributed by atoms with Gasteiger partial charge in [-0.2, -0.15) is 0 Å². The summed E-state index contributed by atoms with van der Waals surface area (Å²) >= 11 is 0. The van der Waals surface area contributed by atoms with Gasteiger partial charge in [-0.15, -0.1) is 0 Å². The number of halogens is 1. The topological polar surface area (TPSA) is 26.3 Å². The monoisotopic (exact) mass is 204 g/mol. The smallest absolute Gasteiger partial charge is 0.255 e. The van der Waals surface area contributed by atoms with E-state index in [9.17, 15) is 9.32 Å².